The fourth-order valence-corrected chi connectivity index (χ4v) is 3.94. The number of benzene rings is 2. The van der Waals surface area contributed by atoms with E-state index >= 15 is 0 Å². The number of carbonyl (C=O) groups is 2. The van der Waals surface area contributed by atoms with Gasteiger partial charge in [-0.25, -0.2) is 4.98 Å². The third-order valence-corrected chi connectivity index (χ3v) is 5.52. The largest absolute Gasteiger partial charge is 0.486 e. The molecule has 1 aromatic heterocycles. The molecule has 7 nitrogen and oxygen atoms in total. The number of anilines is 2. The number of fused-ring (bicyclic) bond motifs is 2. The van der Waals surface area contributed by atoms with Gasteiger partial charge in [0.1, 0.15) is 18.2 Å². The second kappa shape index (κ2) is 8.62. The summed E-state index contributed by atoms with van der Waals surface area (Å²) >= 11 is 1.38. The molecule has 154 valence electrons. The van der Waals surface area contributed by atoms with Gasteiger partial charge in [0, 0.05) is 29.8 Å². The van der Waals surface area contributed by atoms with Crippen molar-refractivity contribution in [2.75, 3.05) is 29.6 Å². The summed E-state index contributed by atoms with van der Waals surface area (Å²) in [5.74, 6) is 1.33. The van der Waals surface area contributed by atoms with Gasteiger partial charge in [0.05, 0.1) is 11.3 Å². The van der Waals surface area contributed by atoms with Crippen LogP contribution in [0.1, 0.15) is 12.5 Å². The van der Waals surface area contributed by atoms with E-state index in [1.165, 1.54) is 18.7 Å². The van der Waals surface area contributed by atoms with Crippen LogP contribution in [0.15, 0.2) is 47.5 Å². The highest BCUT2D eigenvalue weighted by atomic mass is 32.2. The van der Waals surface area contributed by atoms with E-state index in [9.17, 15) is 9.59 Å². The molecule has 2 heterocycles. The first kappa shape index (κ1) is 20.0. The molecule has 8 heteroatoms. The zero-order chi connectivity index (χ0) is 21.1. The van der Waals surface area contributed by atoms with Crippen LogP contribution in [0, 0.1) is 6.92 Å². The van der Waals surface area contributed by atoms with Crippen molar-refractivity contribution in [2.45, 2.75) is 18.9 Å². The van der Waals surface area contributed by atoms with Crippen molar-refractivity contribution in [3.8, 4) is 11.5 Å². The molecule has 0 bridgehead atoms. The van der Waals surface area contributed by atoms with Crippen LogP contribution in [0.5, 0.6) is 11.5 Å². The first-order valence-corrected chi connectivity index (χ1v) is 10.5. The van der Waals surface area contributed by atoms with Crippen LogP contribution in [-0.2, 0) is 9.59 Å². The SMILES string of the molecule is CC(=O)Nc1cccc(NC(=O)CSc2nc3cc4c(cc3cc2C)OCCO4)c1. The van der Waals surface area contributed by atoms with Gasteiger partial charge >= 0.3 is 0 Å². The Morgan fingerprint density at radius 3 is 2.47 bits per heavy atom. The maximum atomic E-state index is 12.4. The Bertz CT molecular complexity index is 1130. The number of aryl methyl sites for hydroxylation is 1. The van der Waals surface area contributed by atoms with Gasteiger partial charge in [-0.3, -0.25) is 9.59 Å². The molecule has 0 unspecified atom stereocenters. The van der Waals surface area contributed by atoms with E-state index < -0.39 is 0 Å². The molecule has 0 fully saturated rings. The minimum absolute atomic E-state index is 0.150. The summed E-state index contributed by atoms with van der Waals surface area (Å²) in [6.07, 6.45) is 0. The molecule has 0 saturated heterocycles. The van der Waals surface area contributed by atoms with E-state index in [2.05, 4.69) is 10.6 Å². The van der Waals surface area contributed by atoms with Crippen LogP contribution in [0.2, 0.25) is 0 Å². The van der Waals surface area contributed by atoms with Gasteiger partial charge < -0.3 is 20.1 Å². The lowest BCUT2D eigenvalue weighted by Gasteiger charge is -2.19. The van der Waals surface area contributed by atoms with Crippen molar-refractivity contribution in [2.24, 2.45) is 0 Å². The number of pyridine rings is 1. The van der Waals surface area contributed by atoms with E-state index in [1.807, 2.05) is 25.1 Å². The summed E-state index contributed by atoms with van der Waals surface area (Å²) in [7, 11) is 0. The number of nitrogens with zero attached hydrogens (tertiary/aromatic N) is 1. The number of aromatic nitrogens is 1. The summed E-state index contributed by atoms with van der Waals surface area (Å²) in [6.45, 7) is 4.48. The third kappa shape index (κ3) is 4.65. The van der Waals surface area contributed by atoms with E-state index in [1.54, 1.807) is 24.3 Å². The van der Waals surface area contributed by atoms with Gasteiger partial charge in [-0.1, -0.05) is 17.8 Å². The molecule has 0 aliphatic carbocycles. The van der Waals surface area contributed by atoms with Crippen molar-refractivity contribution in [1.82, 2.24) is 4.98 Å². The molecule has 0 atom stereocenters. The number of carbonyl (C=O) groups excluding carboxylic acids is 2. The highest BCUT2D eigenvalue weighted by Crippen LogP contribution is 2.35. The molecule has 2 amide bonds. The van der Waals surface area contributed by atoms with Gasteiger partial charge in [-0.05, 0) is 42.8 Å². The molecule has 1 aliphatic heterocycles. The highest BCUT2D eigenvalue weighted by Gasteiger charge is 2.15. The Morgan fingerprint density at radius 1 is 1.03 bits per heavy atom. The highest BCUT2D eigenvalue weighted by molar-refractivity contribution is 8.00. The Morgan fingerprint density at radius 2 is 1.73 bits per heavy atom. The maximum Gasteiger partial charge on any atom is 0.234 e. The predicted octanol–water partition coefficient (Wildman–Crippen LogP) is 4.00. The number of amides is 2. The van der Waals surface area contributed by atoms with Crippen LogP contribution in [-0.4, -0.2) is 35.8 Å². The smallest absolute Gasteiger partial charge is 0.234 e. The number of ether oxygens (including phenoxy) is 2. The molecular formula is C22H21N3O4S. The van der Waals surface area contributed by atoms with Gasteiger partial charge in [0.15, 0.2) is 11.5 Å². The zero-order valence-corrected chi connectivity index (χ0v) is 17.5. The minimum Gasteiger partial charge on any atom is -0.486 e. The van der Waals surface area contributed by atoms with Crippen molar-refractivity contribution < 1.29 is 19.1 Å². The Labute approximate surface area is 178 Å². The van der Waals surface area contributed by atoms with E-state index in [0.29, 0.717) is 30.3 Å². The lowest BCUT2D eigenvalue weighted by atomic mass is 10.1. The Balaban J connectivity index is 1.44. The number of hydrogen-bond acceptors (Lipinski definition) is 6. The normalized spacial score (nSPS) is 12.5. The van der Waals surface area contributed by atoms with E-state index in [0.717, 1.165) is 27.2 Å². The summed E-state index contributed by atoms with van der Waals surface area (Å²) in [5, 5.41) is 7.31. The lowest BCUT2D eigenvalue weighted by Crippen LogP contribution is -2.15. The second-order valence-corrected chi connectivity index (χ2v) is 7.86. The molecular weight excluding hydrogens is 402 g/mol. The molecule has 3 aromatic rings. The zero-order valence-electron chi connectivity index (χ0n) is 16.7. The van der Waals surface area contributed by atoms with Crippen LogP contribution < -0.4 is 20.1 Å². The molecule has 1 aliphatic rings. The summed E-state index contributed by atoms with van der Waals surface area (Å²) in [4.78, 5) is 28.3. The summed E-state index contributed by atoms with van der Waals surface area (Å²) < 4.78 is 11.3. The van der Waals surface area contributed by atoms with Crippen LogP contribution in [0.4, 0.5) is 11.4 Å². The van der Waals surface area contributed by atoms with Gasteiger partial charge in [0.2, 0.25) is 11.8 Å². The van der Waals surface area contributed by atoms with Crippen LogP contribution >= 0.6 is 11.8 Å². The fourth-order valence-electron chi connectivity index (χ4n) is 3.15. The quantitative estimate of drug-likeness (QED) is 0.603. The maximum absolute atomic E-state index is 12.4. The van der Waals surface area contributed by atoms with Crippen molar-refractivity contribution in [1.29, 1.82) is 0 Å². The Hall–Kier alpha value is -3.26. The Kier molecular flexibility index (Phi) is 5.76. The fraction of sp³-hybridized carbons (Fsp3) is 0.227. The summed E-state index contributed by atoms with van der Waals surface area (Å²) in [6, 6.07) is 12.9. The van der Waals surface area contributed by atoms with Crippen LogP contribution in [0.25, 0.3) is 10.9 Å². The van der Waals surface area contributed by atoms with Crippen molar-refractivity contribution in [3.05, 3.63) is 48.0 Å². The van der Waals surface area contributed by atoms with Gasteiger partial charge in [-0.15, -0.1) is 0 Å². The van der Waals surface area contributed by atoms with E-state index in [-0.39, 0.29) is 17.6 Å². The van der Waals surface area contributed by atoms with Crippen molar-refractivity contribution >= 4 is 45.9 Å². The number of rotatable bonds is 5. The average molecular weight is 423 g/mol. The number of thioether (sulfide) groups is 1. The van der Waals surface area contributed by atoms with E-state index in [4.69, 9.17) is 14.5 Å². The topological polar surface area (TPSA) is 89.6 Å². The standard InChI is InChI=1S/C22H21N3O4S/c1-13-8-15-9-19-20(29-7-6-28-19)11-18(15)25-22(13)30-12-21(27)24-17-5-3-4-16(10-17)23-14(2)26/h3-5,8-11H,6-7,12H2,1-2H3,(H,23,26)(H,24,27). The first-order valence-electron chi connectivity index (χ1n) is 9.49. The molecule has 4 rings (SSSR count). The number of hydrogen-bond donors (Lipinski definition) is 2. The predicted molar refractivity (Wildman–Crippen MR) is 118 cm³/mol. The molecule has 30 heavy (non-hydrogen) atoms. The number of nitrogens with one attached hydrogen (secondary N) is 2. The molecule has 2 aromatic carbocycles. The molecule has 0 spiro atoms. The third-order valence-electron chi connectivity index (χ3n) is 4.43. The second-order valence-electron chi connectivity index (χ2n) is 6.90. The van der Waals surface area contributed by atoms with Gasteiger partial charge in [0.25, 0.3) is 0 Å². The van der Waals surface area contributed by atoms with Gasteiger partial charge in [-0.2, -0.15) is 0 Å². The minimum atomic E-state index is -0.162. The lowest BCUT2D eigenvalue weighted by molar-refractivity contribution is -0.114. The monoisotopic (exact) mass is 423 g/mol. The molecule has 0 radical (unpaired) electrons. The van der Waals surface area contributed by atoms with Crippen molar-refractivity contribution in [3.63, 3.8) is 0 Å². The first-order chi connectivity index (χ1) is 14.5. The summed E-state index contributed by atoms with van der Waals surface area (Å²) in [5.41, 5.74) is 3.05. The molecule has 2 N–H and O–H groups in total. The average Bonchev–Trinajstić information content (AvgIpc) is 2.70. The molecule has 0 saturated carbocycles. The van der Waals surface area contributed by atoms with Crippen LogP contribution in [0.3, 0.4) is 0 Å².